The monoisotopic (exact) mass is 289 g/mol. The Labute approximate surface area is 120 Å². The van der Waals surface area contributed by atoms with Crippen molar-refractivity contribution in [3.63, 3.8) is 0 Å². The number of anilines is 1. The average Bonchev–Trinajstić information content (AvgIpc) is 2.47. The quantitative estimate of drug-likeness (QED) is 0.904. The molecular weight excluding hydrogens is 270 g/mol. The van der Waals surface area contributed by atoms with Gasteiger partial charge in [0.15, 0.2) is 0 Å². The van der Waals surface area contributed by atoms with Gasteiger partial charge in [0.2, 0.25) is 0 Å². The molecule has 0 amide bonds. The molecule has 1 unspecified atom stereocenters. The molecule has 2 aromatic rings. The zero-order valence-corrected chi connectivity index (χ0v) is 12.5. The molecule has 1 atom stereocenters. The minimum absolute atomic E-state index is 0.286. The summed E-state index contributed by atoms with van der Waals surface area (Å²) in [7, 11) is -3.51. The molecule has 0 aromatic heterocycles. The van der Waals surface area contributed by atoms with E-state index in [2.05, 4.69) is 18.6 Å². The Morgan fingerprint density at radius 1 is 1.00 bits per heavy atom. The smallest absolute Gasteiger partial charge is 0.261 e. The van der Waals surface area contributed by atoms with Crippen LogP contribution in [-0.4, -0.2) is 8.42 Å². The van der Waals surface area contributed by atoms with Gasteiger partial charge in [0.25, 0.3) is 10.0 Å². The Hall–Kier alpha value is -1.81. The number of benzene rings is 2. The highest BCUT2D eigenvalue weighted by Gasteiger charge is 2.14. The summed E-state index contributed by atoms with van der Waals surface area (Å²) in [6.07, 6.45) is 1.04. The van der Waals surface area contributed by atoms with E-state index in [9.17, 15) is 8.42 Å². The first-order chi connectivity index (χ1) is 9.53. The van der Waals surface area contributed by atoms with Gasteiger partial charge in [-0.1, -0.05) is 44.2 Å². The molecule has 2 rings (SSSR count). The predicted octanol–water partition coefficient (Wildman–Crippen LogP) is 4.00. The van der Waals surface area contributed by atoms with Crippen LogP contribution in [0.5, 0.6) is 0 Å². The fraction of sp³-hybridized carbons (Fsp3) is 0.250. The summed E-state index contributed by atoms with van der Waals surface area (Å²) in [6.45, 7) is 4.25. The predicted molar refractivity (Wildman–Crippen MR) is 82.4 cm³/mol. The average molecular weight is 289 g/mol. The van der Waals surface area contributed by atoms with Crippen molar-refractivity contribution in [2.24, 2.45) is 0 Å². The molecule has 0 aliphatic heterocycles. The highest BCUT2D eigenvalue weighted by atomic mass is 32.2. The fourth-order valence-corrected chi connectivity index (χ4v) is 2.99. The van der Waals surface area contributed by atoms with Gasteiger partial charge in [0.1, 0.15) is 0 Å². The maximum absolute atomic E-state index is 12.2. The van der Waals surface area contributed by atoms with Crippen molar-refractivity contribution in [3.05, 3.63) is 60.2 Å². The van der Waals surface area contributed by atoms with E-state index >= 15 is 0 Å². The van der Waals surface area contributed by atoms with E-state index in [0.29, 0.717) is 11.6 Å². The van der Waals surface area contributed by atoms with Crippen molar-refractivity contribution >= 4 is 15.7 Å². The van der Waals surface area contributed by atoms with Crippen LogP contribution < -0.4 is 4.72 Å². The SMILES string of the molecule is CCC(C)c1ccc(S(=O)(=O)Nc2ccccc2)cc1. The van der Waals surface area contributed by atoms with Gasteiger partial charge in [-0.05, 0) is 42.2 Å². The Kier molecular flexibility index (Phi) is 4.45. The second kappa shape index (κ2) is 6.09. The Bertz CT molecular complexity index is 649. The van der Waals surface area contributed by atoms with Crippen molar-refractivity contribution in [2.45, 2.75) is 31.1 Å². The normalized spacial score (nSPS) is 12.9. The molecule has 1 N–H and O–H groups in total. The minimum Gasteiger partial charge on any atom is -0.280 e. The number of para-hydroxylation sites is 1. The standard InChI is InChI=1S/C16H19NO2S/c1-3-13(2)14-9-11-16(12-10-14)20(18,19)17-15-7-5-4-6-8-15/h4-13,17H,3H2,1-2H3. The van der Waals surface area contributed by atoms with Gasteiger partial charge < -0.3 is 0 Å². The first-order valence-corrected chi connectivity index (χ1v) is 8.19. The van der Waals surface area contributed by atoms with Gasteiger partial charge in [-0.2, -0.15) is 0 Å². The molecule has 0 saturated heterocycles. The molecule has 0 aliphatic carbocycles. The summed E-state index contributed by atoms with van der Waals surface area (Å²) in [5.41, 5.74) is 1.73. The number of nitrogens with one attached hydrogen (secondary N) is 1. The lowest BCUT2D eigenvalue weighted by Gasteiger charge is -2.11. The highest BCUT2D eigenvalue weighted by molar-refractivity contribution is 7.92. The minimum atomic E-state index is -3.51. The van der Waals surface area contributed by atoms with Crippen molar-refractivity contribution in [1.29, 1.82) is 0 Å². The molecule has 4 heteroatoms. The fourth-order valence-electron chi connectivity index (χ4n) is 1.93. The van der Waals surface area contributed by atoms with Gasteiger partial charge >= 0.3 is 0 Å². The van der Waals surface area contributed by atoms with E-state index in [1.165, 1.54) is 0 Å². The lowest BCUT2D eigenvalue weighted by atomic mass is 9.99. The van der Waals surface area contributed by atoms with Crippen LogP contribution in [0.25, 0.3) is 0 Å². The third-order valence-electron chi connectivity index (χ3n) is 3.40. The molecule has 2 aromatic carbocycles. The number of hydrogen-bond donors (Lipinski definition) is 1. The maximum atomic E-state index is 12.2. The highest BCUT2D eigenvalue weighted by Crippen LogP contribution is 2.21. The molecule has 0 aliphatic rings. The van der Waals surface area contributed by atoms with Crippen molar-refractivity contribution < 1.29 is 8.42 Å². The number of hydrogen-bond acceptors (Lipinski definition) is 2. The molecular formula is C16H19NO2S. The third-order valence-corrected chi connectivity index (χ3v) is 4.80. The lowest BCUT2D eigenvalue weighted by molar-refractivity contribution is 0.601. The van der Waals surface area contributed by atoms with E-state index in [1.54, 1.807) is 36.4 Å². The molecule has 3 nitrogen and oxygen atoms in total. The van der Waals surface area contributed by atoms with Gasteiger partial charge in [-0.3, -0.25) is 4.72 Å². The van der Waals surface area contributed by atoms with Crippen LogP contribution in [0.2, 0.25) is 0 Å². The van der Waals surface area contributed by atoms with Crippen LogP contribution in [0.1, 0.15) is 31.7 Å². The number of sulfonamides is 1. The van der Waals surface area contributed by atoms with Gasteiger partial charge in [-0.25, -0.2) is 8.42 Å². The largest absolute Gasteiger partial charge is 0.280 e. The van der Waals surface area contributed by atoms with Gasteiger partial charge in [0, 0.05) is 5.69 Å². The molecule has 0 fully saturated rings. The first kappa shape index (κ1) is 14.6. The molecule has 0 spiro atoms. The van der Waals surface area contributed by atoms with Gasteiger partial charge in [0.05, 0.1) is 4.90 Å². The van der Waals surface area contributed by atoms with E-state index in [1.807, 2.05) is 18.2 Å². The summed E-state index contributed by atoms with van der Waals surface area (Å²) in [4.78, 5) is 0.286. The summed E-state index contributed by atoms with van der Waals surface area (Å²) in [5, 5.41) is 0. The zero-order chi connectivity index (χ0) is 14.6. The number of rotatable bonds is 5. The topological polar surface area (TPSA) is 46.2 Å². The molecule has 20 heavy (non-hydrogen) atoms. The van der Waals surface area contributed by atoms with Crippen LogP contribution in [0.3, 0.4) is 0 Å². The zero-order valence-electron chi connectivity index (χ0n) is 11.7. The van der Waals surface area contributed by atoms with Crippen LogP contribution in [-0.2, 0) is 10.0 Å². The van der Waals surface area contributed by atoms with E-state index in [4.69, 9.17) is 0 Å². The molecule has 0 radical (unpaired) electrons. The van der Waals surface area contributed by atoms with Crippen molar-refractivity contribution in [2.75, 3.05) is 4.72 Å². The second-order valence-corrected chi connectivity index (χ2v) is 6.53. The van der Waals surface area contributed by atoms with Gasteiger partial charge in [-0.15, -0.1) is 0 Å². The molecule has 106 valence electrons. The van der Waals surface area contributed by atoms with Crippen LogP contribution in [0, 0.1) is 0 Å². The maximum Gasteiger partial charge on any atom is 0.261 e. The Morgan fingerprint density at radius 2 is 1.60 bits per heavy atom. The Balaban J connectivity index is 2.22. The molecule has 0 bridgehead atoms. The van der Waals surface area contributed by atoms with Crippen LogP contribution >= 0.6 is 0 Å². The van der Waals surface area contributed by atoms with E-state index in [-0.39, 0.29) is 4.90 Å². The second-order valence-electron chi connectivity index (χ2n) is 4.85. The summed E-state index contributed by atoms with van der Waals surface area (Å²) < 4.78 is 27.1. The van der Waals surface area contributed by atoms with Crippen LogP contribution in [0.15, 0.2) is 59.5 Å². The summed E-state index contributed by atoms with van der Waals surface area (Å²) in [5.74, 6) is 0.439. The first-order valence-electron chi connectivity index (χ1n) is 6.71. The summed E-state index contributed by atoms with van der Waals surface area (Å²) in [6, 6.07) is 16.0. The van der Waals surface area contributed by atoms with Crippen molar-refractivity contribution in [1.82, 2.24) is 0 Å². The molecule has 0 heterocycles. The molecule has 0 saturated carbocycles. The summed E-state index contributed by atoms with van der Waals surface area (Å²) >= 11 is 0. The lowest BCUT2D eigenvalue weighted by Crippen LogP contribution is -2.12. The Morgan fingerprint density at radius 3 is 2.15 bits per heavy atom. The van der Waals surface area contributed by atoms with E-state index in [0.717, 1.165) is 12.0 Å². The van der Waals surface area contributed by atoms with Crippen LogP contribution in [0.4, 0.5) is 5.69 Å². The van der Waals surface area contributed by atoms with E-state index < -0.39 is 10.0 Å². The van der Waals surface area contributed by atoms with Crippen molar-refractivity contribution in [3.8, 4) is 0 Å². The third kappa shape index (κ3) is 3.39.